The fourth-order valence-corrected chi connectivity index (χ4v) is 4.48. The highest BCUT2D eigenvalue weighted by Crippen LogP contribution is 2.20. The van der Waals surface area contributed by atoms with Gasteiger partial charge in [0.05, 0.1) is 30.3 Å². The first-order valence-corrected chi connectivity index (χ1v) is 12.0. The van der Waals surface area contributed by atoms with Crippen molar-refractivity contribution >= 4 is 39.7 Å². The van der Waals surface area contributed by atoms with Gasteiger partial charge in [-0.05, 0) is 59.7 Å². The fourth-order valence-electron chi connectivity index (χ4n) is 2.97. The summed E-state index contributed by atoms with van der Waals surface area (Å²) in [4.78, 5) is 24.0. The summed E-state index contributed by atoms with van der Waals surface area (Å²) in [5.41, 5.74) is 3.73. The van der Waals surface area contributed by atoms with Crippen LogP contribution in [0.2, 0.25) is 5.02 Å². The molecule has 3 aromatic rings. The molecule has 35 heavy (non-hydrogen) atoms. The Kier molecular flexibility index (Phi) is 8.69. The number of hydrogen-bond acceptors (Lipinski definition) is 6. The van der Waals surface area contributed by atoms with Crippen LogP contribution in [0.5, 0.6) is 0 Å². The van der Waals surface area contributed by atoms with E-state index in [0.717, 1.165) is 4.31 Å². The molecule has 11 heteroatoms. The lowest BCUT2D eigenvalue weighted by Gasteiger charge is -2.21. The molecule has 0 fully saturated rings. The zero-order valence-corrected chi connectivity index (χ0v) is 20.1. The first-order chi connectivity index (χ1) is 16.7. The molecular formula is C24H21ClFN3O5S. The van der Waals surface area contributed by atoms with Crippen molar-refractivity contribution < 1.29 is 27.1 Å². The summed E-state index contributed by atoms with van der Waals surface area (Å²) in [6.07, 6.45) is 1.34. The predicted molar refractivity (Wildman–Crippen MR) is 129 cm³/mol. The number of sulfonamides is 1. The van der Waals surface area contributed by atoms with Gasteiger partial charge in [0.1, 0.15) is 5.82 Å². The van der Waals surface area contributed by atoms with Crippen LogP contribution in [0.15, 0.2) is 82.8 Å². The average molecular weight is 518 g/mol. The average Bonchev–Trinajstić information content (AvgIpc) is 2.85. The Morgan fingerprint density at radius 3 is 2.26 bits per heavy atom. The smallest absolute Gasteiger partial charge is 0.337 e. The number of carbonyl (C=O) groups is 2. The highest BCUT2D eigenvalue weighted by molar-refractivity contribution is 7.89. The van der Waals surface area contributed by atoms with Crippen LogP contribution in [-0.2, 0) is 26.1 Å². The quantitative estimate of drug-likeness (QED) is 0.265. The highest BCUT2D eigenvalue weighted by atomic mass is 35.5. The fraction of sp³-hybridized carbons (Fsp3) is 0.125. The van der Waals surface area contributed by atoms with Gasteiger partial charge in [-0.2, -0.15) is 9.41 Å². The third-order valence-corrected chi connectivity index (χ3v) is 6.84. The summed E-state index contributed by atoms with van der Waals surface area (Å²) in [5.74, 6) is -1.63. The summed E-state index contributed by atoms with van der Waals surface area (Å²) in [6.45, 7) is -0.710. The standard InChI is InChI=1S/C24H21ClFN3O5S/c1-34-24(31)19-6-2-17(3-7-19)14-27-28-23(30)16-29(15-18-4-10-21(26)11-5-18)35(32,33)22-12-8-20(25)9-13-22/h2-14H,15-16H2,1H3,(H,28,30)/b27-14-. The zero-order chi connectivity index (χ0) is 25.4. The molecule has 0 aliphatic rings. The number of amides is 1. The Hall–Kier alpha value is -3.60. The number of nitrogens with one attached hydrogen (secondary N) is 1. The van der Waals surface area contributed by atoms with Crippen molar-refractivity contribution in [1.29, 1.82) is 0 Å². The molecule has 0 aliphatic heterocycles. The molecule has 0 bridgehead atoms. The Morgan fingerprint density at radius 2 is 1.66 bits per heavy atom. The molecule has 3 aromatic carbocycles. The molecular weight excluding hydrogens is 497 g/mol. The SMILES string of the molecule is COC(=O)c1ccc(/C=N\NC(=O)CN(Cc2ccc(F)cc2)S(=O)(=O)c2ccc(Cl)cc2)cc1. The maximum Gasteiger partial charge on any atom is 0.337 e. The van der Waals surface area contributed by atoms with Crippen LogP contribution in [0.4, 0.5) is 4.39 Å². The van der Waals surface area contributed by atoms with E-state index in [0.29, 0.717) is 21.7 Å². The minimum absolute atomic E-state index is 0.0500. The van der Waals surface area contributed by atoms with Crippen molar-refractivity contribution in [2.45, 2.75) is 11.4 Å². The van der Waals surface area contributed by atoms with Gasteiger partial charge in [0.2, 0.25) is 10.0 Å². The maximum atomic E-state index is 13.3. The van der Waals surface area contributed by atoms with Crippen molar-refractivity contribution in [3.05, 3.63) is 100 Å². The summed E-state index contributed by atoms with van der Waals surface area (Å²) in [6, 6.07) is 17.1. The molecule has 0 saturated heterocycles. The van der Waals surface area contributed by atoms with Crippen molar-refractivity contribution in [2.75, 3.05) is 13.7 Å². The number of carbonyl (C=O) groups excluding carboxylic acids is 2. The van der Waals surface area contributed by atoms with E-state index >= 15 is 0 Å². The Balaban J connectivity index is 1.74. The molecule has 0 unspecified atom stereocenters. The third-order valence-electron chi connectivity index (χ3n) is 4.78. The van der Waals surface area contributed by atoms with Crippen LogP contribution in [0.1, 0.15) is 21.5 Å². The van der Waals surface area contributed by atoms with Crippen LogP contribution in [0.3, 0.4) is 0 Å². The molecule has 182 valence electrons. The zero-order valence-electron chi connectivity index (χ0n) is 18.5. The summed E-state index contributed by atoms with van der Waals surface area (Å²) in [5, 5.41) is 4.21. The number of ether oxygens (including phenoxy) is 1. The molecule has 0 heterocycles. The molecule has 1 amide bonds. The number of rotatable bonds is 9. The highest BCUT2D eigenvalue weighted by Gasteiger charge is 2.27. The van der Waals surface area contributed by atoms with Crippen molar-refractivity contribution in [3.63, 3.8) is 0 Å². The normalized spacial score (nSPS) is 11.5. The van der Waals surface area contributed by atoms with Gasteiger partial charge in [-0.25, -0.2) is 23.0 Å². The van der Waals surface area contributed by atoms with E-state index < -0.39 is 34.3 Å². The van der Waals surface area contributed by atoms with Crippen molar-refractivity contribution in [3.8, 4) is 0 Å². The van der Waals surface area contributed by atoms with Crippen molar-refractivity contribution in [2.24, 2.45) is 5.10 Å². The summed E-state index contributed by atoms with van der Waals surface area (Å²) in [7, 11) is -2.81. The largest absolute Gasteiger partial charge is 0.465 e. The number of hydrazone groups is 1. The maximum absolute atomic E-state index is 13.3. The number of methoxy groups -OCH3 is 1. The number of hydrogen-bond donors (Lipinski definition) is 1. The Bertz CT molecular complexity index is 1310. The number of halogens is 2. The second-order valence-corrected chi connectivity index (χ2v) is 9.63. The van der Waals surface area contributed by atoms with Gasteiger partial charge >= 0.3 is 5.97 Å². The number of benzene rings is 3. The molecule has 8 nitrogen and oxygen atoms in total. The molecule has 0 spiro atoms. The van der Waals surface area contributed by atoms with E-state index in [1.807, 2.05) is 0 Å². The van der Waals surface area contributed by atoms with Gasteiger partial charge in [0, 0.05) is 11.6 Å². The van der Waals surface area contributed by atoms with Gasteiger partial charge in [-0.3, -0.25) is 4.79 Å². The minimum atomic E-state index is -4.09. The lowest BCUT2D eigenvalue weighted by molar-refractivity contribution is -0.121. The van der Waals surface area contributed by atoms with Crippen LogP contribution in [0.25, 0.3) is 0 Å². The summed E-state index contributed by atoms with van der Waals surface area (Å²) >= 11 is 5.86. The number of nitrogens with zero attached hydrogens (tertiary/aromatic N) is 2. The van der Waals surface area contributed by atoms with Gasteiger partial charge in [-0.15, -0.1) is 0 Å². The first-order valence-electron chi connectivity index (χ1n) is 10.2. The molecule has 0 atom stereocenters. The van der Waals surface area contributed by atoms with E-state index in [1.165, 1.54) is 74.0 Å². The lowest BCUT2D eigenvalue weighted by atomic mass is 10.1. The Labute approximate surface area is 207 Å². The molecule has 0 aromatic heterocycles. The molecule has 1 N–H and O–H groups in total. The van der Waals surface area contributed by atoms with E-state index in [4.69, 9.17) is 11.6 Å². The molecule has 0 radical (unpaired) electrons. The lowest BCUT2D eigenvalue weighted by Crippen LogP contribution is -2.39. The second kappa shape index (κ2) is 11.7. The van der Waals surface area contributed by atoms with Gasteiger partial charge < -0.3 is 4.74 Å². The molecule has 0 aliphatic carbocycles. The van der Waals surface area contributed by atoms with E-state index in [-0.39, 0.29) is 11.4 Å². The molecule has 3 rings (SSSR count). The monoisotopic (exact) mass is 517 g/mol. The Morgan fingerprint density at radius 1 is 1.03 bits per heavy atom. The minimum Gasteiger partial charge on any atom is -0.465 e. The predicted octanol–water partition coefficient (Wildman–Crippen LogP) is 3.61. The van der Waals surface area contributed by atoms with Gasteiger partial charge in [0.15, 0.2) is 0 Å². The second-order valence-electron chi connectivity index (χ2n) is 7.26. The first kappa shape index (κ1) is 26.0. The van der Waals surface area contributed by atoms with Crippen LogP contribution in [0, 0.1) is 5.82 Å². The third kappa shape index (κ3) is 7.19. The molecule has 0 saturated carbocycles. The van der Waals surface area contributed by atoms with Gasteiger partial charge in [-0.1, -0.05) is 35.9 Å². The van der Waals surface area contributed by atoms with E-state index in [9.17, 15) is 22.4 Å². The van der Waals surface area contributed by atoms with E-state index in [1.54, 1.807) is 12.1 Å². The van der Waals surface area contributed by atoms with Crippen LogP contribution < -0.4 is 5.43 Å². The summed E-state index contributed by atoms with van der Waals surface area (Å²) < 4.78 is 45.3. The number of esters is 1. The van der Waals surface area contributed by atoms with Crippen molar-refractivity contribution in [1.82, 2.24) is 9.73 Å². The van der Waals surface area contributed by atoms with Crippen LogP contribution in [-0.4, -0.2) is 44.5 Å². The van der Waals surface area contributed by atoms with E-state index in [2.05, 4.69) is 15.3 Å². The van der Waals surface area contributed by atoms with Gasteiger partial charge in [0.25, 0.3) is 5.91 Å². The van der Waals surface area contributed by atoms with Crippen LogP contribution >= 0.6 is 11.6 Å². The topological polar surface area (TPSA) is 105 Å².